The molecule has 0 spiro atoms. The molecule has 4 nitrogen and oxygen atoms in total. The highest BCUT2D eigenvalue weighted by atomic mass is 16.5. The third kappa shape index (κ3) is 8.18. The van der Waals surface area contributed by atoms with Gasteiger partial charge in [-0.1, -0.05) is 0 Å². The van der Waals surface area contributed by atoms with Crippen LogP contribution in [0, 0.1) is 0 Å². The van der Waals surface area contributed by atoms with E-state index in [2.05, 4.69) is 0 Å². The molecule has 13 heavy (non-hydrogen) atoms. The van der Waals surface area contributed by atoms with Crippen molar-refractivity contribution in [3.05, 3.63) is 0 Å². The van der Waals surface area contributed by atoms with Gasteiger partial charge >= 0.3 is 0 Å². The molecule has 0 amide bonds. The predicted molar refractivity (Wildman–Crippen MR) is 51.8 cm³/mol. The highest BCUT2D eigenvalue weighted by molar-refractivity contribution is 4.59. The van der Waals surface area contributed by atoms with Crippen molar-refractivity contribution < 1.29 is 14.2 Å². The molecule has 0 heterocycles. The van der Waals surface area contributed by atoms with Gasteiger partial charge in [-0.2, -0.15) is 0 Å². The number of rotatable bonds is 8. The fraction of sp³-hybridized carbons (Fsp3) is 1.00. The molecule has 0 aliphatic heterocycles. The zero-order chi connectivity index (χ0) is 10.1. The van der Waals surface area contributed by atoms with E-state index in [0.717, 1.165) is 6.61 Å². The largest absolute Gasteiger partial charge is 0.383 e. The molecular weight excluding hydrogens is 170 g/mol. The van der Waals surface area contributed by atoms with Gasteiger partial charge in [0, 0.05) is 13.7 Å². The van der Waals surface area contributed by atoms with E-state index in [0.29, 0.717) is 19.8 Å². The maximum absolute atomic E-state index is 5.67. The minimum atomic E-state index is -0.0472. The summed E-state index contributed by atoms with van der Waals surface area (Å²) in [6, 6.07) is -0.0472. The van der Waals surface area contributed by atoms with Crippen molar-refractivity contribution >= 4 is 0 Å². The van der Waals surface area contributed by atoms with Crippen molar-refractivity contribution in [3.63, 3.8) is 0 Å². The Morgan fingerprint density at radius 3 is 2.46 bits per heavy atom. The van der Waals surface area contributed by atoms with Crippen molar-refractivity contribution in [3.8, 4) is 0 Å². The van der Waals surface area contributed by atoms with Gasteiger partial charge in [0.1, 0.15) is 0 Å². The van der Waals surface area contributed by atoms with Gasteiger partial charge in [-0.15, -0.1) is 0 Å². The maximum atomic E-state index is 5.67. The van der Waals surface area contributed by atoms with Crippen LogP contribution in [0.15, 0.2) is 0 Å². The summed E-state index contributed by atoms with van der Waals surface area (Å²) in [5, 5.41) is 0. The lowest BCUT2D eigenvalue weighted by atomic mass is 10.3. The Bertz CT molecular complexity index is 111. The average molecular weight is 191 g/mol. The van der Waals surface area contributed by atoms with Crippen LogP contribution in [0.5, 0.6) is 0 Å². The molecule has 0 saturated carbocycles. The summed E-state index contributed by atoms with van der Waals surface area (Å²) in [5.74, 6) is 0. The highest BCUT2D eigenvalue weighted by Gasteiger charge is 2.06. The van der Waals surface area contributed by atoms with Crippen molar-refractivity contribution in [2.75, 3.05) is 33.5 Å². The molecule has 0 aromatic heterocycles. The van der Waals surface area contributed by atoms with Gasteiger partial charge in [0.05, 0.1) is 32.0 Å². The Morgan fingerprint density at radius 1 is 1.23 bits per heavy atom. The molecule has 0 rings (SSSR count). The molecule has 0 fully saturated rings. The van der Waals surface area contributed by atoms with Crippen LogP contribution in [-0.4, -0.2) is 45.7 Å². The van der Waals surface area contributed by atoms with Crippen molar-refractivity contribution in [1.82, 2.24) is 0 Å². The smallest absolute Gasteiger partial charge is 0.0781 e. The Balaban J connectivity index is 3.29. The molecule has 0 radical (unpaired) electrons. The second-order valence-corrected chi connectivity index (χ2v) is 3.02. The molecule has 0 bridgehead atoms. The van der Waals surface area contributed by atoms with Crippen LogP contribution in [0.25, 0.3) is 0 Å². The minimum Gasteiger partial charge on any atom is -0.383 e. The molecule has 4 heteroatoms. The van der Waals surface area contributed by atoms with Crippen LogP contribution < -0.4 is 5.73 Å². The molecule has 2 N–H and O–H groups in total. The second kappa shape index (κ2) is 8.44. The van der Waals surface area contributed by atoms with Gasteiger partial charge in [0.2, 0.25) is 0 Å². The fourth-order valence-corrected chi connectivity index (χ4v) is 0.882. The predicted octanol–water partition coefficient (Wildman–Crippen LogP) is 0.402. The fourth-order valence-electron chi connectivity index (χ4n) is 0.882. The van der Waals surface area contributed by atoms with E-state index in [9.17, 15) is 0 Å². The van der Waals surface area contributed by atoms with E-state index < -0.39 is 0 Å². The number of nitrogens with two attached hydrogens (primary N) is 1. The van der Waals surface area contributed by atoms with Crippen molar-refractivity contribution in [2.24, 2.45) is 5.73 Å². The molecular formula is C9H21NO3. The number of ether oxygens (including phenoxy) is 3. The minimum absolute atomic E-state index is 0.0472. The van der Waals surface area contributed by atoms with Crippen LogP contribution in [0.2, 0.25) is 0 Å². The summed E-state index contributed by atoms with van der Waals surface area (Å²) in [6.07, 6.45) is 0.0999. The summed E-state index contributed by atoms with van der Waals surface area (Å²) in [6.45, 7) is 6.32. The molecule has 0 aromatic rings. The van der Waals surface area contributed by atoms with Crippen LogP contribution in [-0.2, 0) is 14.2 Å². The quantitative estimate of drug-likeness (QED) is 0.603. The zero-order valence-corrected chi connectivity index (χ0v) is 8.79. The SMILES string of the molecule is CCOCC(C)OCC(N)COC. The standard InChI is InChI=1S/C9H21NO3/c1-4-12-5-8(2)13-7-9(10)6-11-3/h8-9H,4-7,10H2,1-3H3. The van der Waals surface area contributed by atoms with Crippen molar-refractivity contribution in [2.45, 2.75) is 26.0 Å². The van der Waals surface area contributed by atoms with E-state index >= 15 is 0 Å². The first-order valence-corrected chi connectivity index (χ1v) is 4.64. The van der Waals surface area contributed by atoms with E-state index in [4.69, 9.17) is 19.9 Å². The second-order valence-electron chi connectivity index (χ2n) is 3.02. The number of hydrogen-bond donors (Lipinski definition) is 1. The lowest BCUT2D eigenvalue weighted by molar-refractivity contribution is -0.0146. The first kappa shape index (κ1) is 12.8. The van der Waals surface area contributed by atoms with Crippen LogP contribution >= 0.6 is 0 Å². The molecule has 80 valence electrons. The van der Waals surface area contributed by atoms with Gasteiger partial charge in [-0.05, 0) is 13.8 Å². The van der Waals surface area contributed by atoms with Crippen molar-refractivity contribution in [1.29, 1.82) is 0 Å². The molecule has 0 aromatic carbocycles. The van der Waals surface area contributed by atoms with E-state index in [-0.39, 0.29) is 12.1 Å². The molecule has 2 unspecified atom stereocenters. The van der Waals surface area contributed by atoms with E-state index in [1.807, 2.05) is 13.8 Å². The average Bonchev–Trinajstić information content (AvgIpc) is 2.12. The van der Waals surface area contributed by atoms with Gasteiger partial charge in [0.25, 0.3) is 0 Å². The maximum Gasteiger partial charge on any atom is 0.0781 e. The van der Waals surface area contributed by atoms with Gasteiger partial charge < -0.3 is 19.9 Å². The normalized spacial score (nSPS) is 15.7. The highest BCUT2D eigenvalue weighted by Crippen LogP contribution is 1.93. The third-order valence-corrected chi connectivity index (χ3v) is 1.53. The Hall–Kier alpha value is -0.160. The topological polar surface area (TPSA) is 53.7 Å². The summed E-state index contributed by atoms with van der Waals surface area (Å²) in [5.41, 5.74) is 5.67. The summed E-state index contributed by atoms with van der Waals surface area (Å²) < 4.78 is 15.5. The molecule has 0 aliphatic rings. The Labute approximate surface area is 80.3 Å². The lowest BCUT2D eigenvalue weighted by Crippen LogP contribution is -2.33. The molecule has 2 atom stereocenters. The van der Waals surface area contributed by atoms with Gasteiger partial charge in [-0.3, -0.25) is 0 Å². The Morgan fingerprint density at radius 2 is 1.92 bits per heavy atom. The first-order valence-electron chi connectivity index (χ1n) is 4.64. The van der Waals surface area contributed by atoms with Crippen LogP contribution in [0.1, 0.15) is 13.8 Å². The van der Waals surface area contributed by atoms with Gasteiger partial charge in [-0.25, -0.2) is 0 Å². The first-order chi connectivity index (χ1) is 6.20. The lowest BCUT2D eigenvalue weighted by Gasteiger charge is -2.16. The van der Waals surface area contributed by atoms with Crippen LogP contribution in [0.4, 0.5) is 0 Å². The summed E-state index contributed by atoms with van der Waals surface area (Å²) in [7, 11) is 1.63. The number of hydrogen-bond acceptors (Lipinski definition) is 4. The zero-order valence-electron chi connectivity index (χ0n) is 8.79. The third-order valence-electron chi connectivity index (χ3n) is 1.53. The molecule has 0 saturated heterocycles. The molecule has 0 aliphatic carbocycles. The van der Waals surface area contributed by atoms with Crippen LogP contribution in [0.3, 0.4) is 0 Å². The van der Waals surface area contributed by atoms with Gasteiger partial charge in [0.15, 0.2) is 0 Å². The van der Waals surface area contributed by atoms with E-state index in [1.165, 1.54) is 0 Å². The summed E-state index contributed by atoms with van der Waals surface area (Å²) in [4.78, 5) is 0. The monoisotopic (exact) mass is 191 g/mol. The summed E-state index contributed by atoms with van der Waals surface area (Å²) >= 11 is 0. The Kier molecular flexibility index (Phi) is 8.33. The number of methoxy groups -OCH3 is 1. The van der Waals surface area contributed by atoms with E-state index in [1.54, 1.807) is 7.11 Å².